The number of benzene rings is 1. The second-order valence-electron chi connectivity index (χ2n) is 5.76. The van der Waals surface area contributed by atoms with Gasteiger partial charge in [0.05, 0.1) is 18.2 Å². The van der Waals surface area contributed by atoms with Gasteiger partial charge in [0.25, 0.3) is 0 Å². The van der Waals surface area contributed by atoms with E-state index in [1.54, 1.807) is 25.1 Å². The minimum atomic E-state index is -0.700. The highest BCUT2D eigenvalue weighted by atomic mass is 35.5. The molecule has 1 aliphatic rings. The first kappa shape index (κ1) is 19.2. The van der Waals surface area contributed by atoms with Crippen LogP contribution in [0, 0.1) is 5.92 Å². The fourth-order valence-electron chi connectivity index (χ4n) is 2.65. The van der Waals surface area contributed by atoms with Crippen LogP contribution >= 0.6 is 11.6 Å². The molecule has 5 N–H and O–H groups in total. The lowest BCUT2D eigenvalue weighted by molar-refractivity contribution is -0.139. The molecule has 0 radical (unpaired) electrons. The van der Waals surface area contributed by atoms with E-state index in [0.717, 1.165) is 0 Å². The van der Waals surface area contributed by atoms with Crippen LogP contribution in [-0.4, -0.2) is 19.2 Å². The number of nitrogens with two attached hydrogens (primary N) is 2. The van der Waals surface area contributed by atoms with Crippen molar-refractivity contribution in [2.45, 2.75) is 32.6 Å². The fraction of sp³-hybridized carbons (Fsp3) is 0.471. The molecule has 0 aromatic heterocycles. The first-order valence-corrected chi connectivity index (χ1v) is 8.66. The Morgan fingerprint density at radius 3 is 2.72 bits per heavy atom. The summed E-state index contributed by atoms with van der Waals surface area (Å²) < 4.78 is 16.1. The first-order valence-electron chi connectivity index (χ1n) is 8.28. The summed E-state index contributed by atoms with van der Waals surface area (Å²) in [4.78, 5) is 11.7. The van der Waals surface area contributed by atoms with Crippen LogP contribution in [0.25, 0.3) is 0 Å². The third kappa shape index (κ3) is 5.44. The van der Waals surface area contributed by atoms with Crippen molar-refractivity contribution >= 4 is 17.6 Å². The van der Waals surface area contributed by atoms with Crippen molar-refractivity contribution < 1.29 is 19.0 Å². The number of hydrogen-bond acceptors (Lipinski definition) is 7. The van der Waals surface area contributed by atoms with Gasteiger partial charge in [-0.3, -0.25) is 5.84 Å². The zero-order valence-corrected chi connectivity index (χ0v) is 15.0. The summed E-state index contributed by atoms with van der Waals surface area (Å²) in [7, 11) is 0. The van der Waals surface area contributed by atoms with Crippen LogP contribution < -0.4 is 26.5 Å². The maximum Gasteiger partial charge on any atom is 0.361 e. The quantitative estimate of drug-likeness (QED) is 0.212. The molecule has 0 atom stereocenters. The van der Waals surface area contributed by atoms with Gasteiger partial charge in [0.1, 0.15) is 11.5 Å². The smallest absolute Gasteiger partial charge is 0.361 e. The fourth-order valence-corrected chi connectivity index (χ4v) is 2.83. The largest absolute Gasteiger partial charge is 0.492 e. The lowest BCUT2D eigenvalue weighted by Gasteiger charge is -2.15. The molecular formula is C17H24ClN3O4. The van der Waals surface area contributed by atoms with Gasteiger partial charge >= 0.3 is 5.97 Å². The predicted molar refractivity (Wildman–Crippen MR) is 94.7 cm³/mol. The van der Waals surface area contributed by atoms with Gasteiger partial charge in [0, 0.05) is 6.07 Å². The highest BCUT2D eigenvalue weighted by Crippen LogP contribution is 2.32. The Bertz CT molecular complexity index is 630. The number of hydrazine groups is 1. The molecule has 1 fully saturated rings. The van der Waals surface area contributed by atoms with Crippen LogP contribution in [0.1, 0.15) is 32.6 Å². The maximum atomic E-state index is 11.7. The summed E-state index contributed by atoms with van der Waals surface area (Å²) in [6.07, 6.45) is 4.84. The van der Waals surface area contributed by atoms with E-state index in [4.69, 9.17) is 37.4 Å². The Morgan fingerprint density at radius 1 is 1.36 bits per heavy atom. The summed E-state index contributed by atoms with van der Waals surface area (Å²) in [6.45, 7) is 2.49. The minimum Gasteiger partial charge on any atom is -0.492 e. The Labute approximate surface area is 152 Å². The summed E-state index contributed by atoms with van der Waals surface area (Å²) in [5.74, 6) is 5.86. The molecule has 1 saturated carbocycles. The molecule has 0 spiro atoms. The van der Waals surface area contributed by atoms with Crippen LogP contribution in [-0.2, 0) is 9.53 Å². The molecule has 1 aliphatic carbocycles. The molecular weight excluding hydrogens is 346 g/mol. The lowest BCUT2D eigenvalue weighted by Crippen LogP contribution is -2.32. The van der Waals surface area contributed by atoms with Crippen molar-refractivity contribution in [1.82, 2.24) is 5.43 Å². The third-order valence-electron chi connectivity index (χ3n) is 3.95. The number of nitrogens with one attached hydrogen (secondary N) is 1. The van der Waals surface area contributed by atoms with E-state index in [0.29, 0.717) is 29.0 Å². The summed E-state index contributed by atoms with van der Waals surface area (Å²) in [5.41, 5.74) is 7.82. The summed E-state index contributed by atoms with van der Waals surface area (Å²) >= 11 is 6.17. The number of hydrogen-bond donors (Lipinski definition) is 3. The van der Waals surface area contributed by atoms with E-state index >= 15 is 0 Å². The Balaban J connectivity index is 2.08. The summed E-state index contributed by atoms with van der Waals surface area (Å²) in [5, 5.41) is 0.482. The molecule has 0 saturated heterocycles. The SMILES string of the molecule is CCOC(=O)/C(NN)=C(/N)Oc1ccc(Cl)c(OCC2CCCC2)c1. The van der Waals surface area contributed by atoms with Crippen LogP contribution in [0.2, 0.25) is 5.02 Å². The zero-order chi connectivity index (χ0) is 18.2. The van der Waals surface area contributed by atoms with E-state index in [9.17, 15) is 4.79 Å². The number of rotatable bonds is 8. The molecule has 7 nitrogen and oxygen atoms in total. The van der Waals surface area contributed by atoms with E-state index in [2.05, 4.69) is 5.43 Å². The third-order valence-corrected chi connectivity index (χ3v) is 4.26. The highest BCUT2D eigenvalue weighted by molar-refractivity contribution is 6.32. The van der Waals surface area contributed by atoms with E-state index in [1.807, 2.05) is 0 Å². The van der Waals surface area contributed by atoms with Crippen molar-refractivity contribution in [3.05, 3.63) is 34.8 Å². The van der Waals surface area contributed by atoms with Crippen molar-refractivity contribution in [2.24, 2.45) is 17.5 Å². The van der Waals surface area contributed by atoms with Crippen LogP contribution in [0.3, 0.4) is 0 Å². The van der Waals surface area contributed by atoms with Crippen LogP contribution in [0.5, 0.6) is 11.5 Å². The van der Waals surface area contributed by atoms with Crippen molar-refractivity contribution in [1.29, 1.82) is 0 Å². The molecule has 0 heterocycles. The normalized spacial score (nSPS) is 15.5. The molecule has 8 heteroatoms. The predicted octanol–water partition coefficient (Wildman–Crippen LogP) is 2.44. The number of carbonyl (C=O) groups excluding carboxylic acids is 1. The van der Waals surface area contributed by atoms with E-state index in [-0.39, 0.29) is 18.2 Å². The number of ether oxygens (including phenoxy) is 3. The topological polar surface area (TPSA) is 109 Å². The Morgan fingerprint density at radius 2 is 2.08 bits per heavy atom. The van der Waals surface area contributed by atoms with Crippen LogP contribution in [0.4, 0.5) is 0 Å². The Kier molecular flexibility index (Phi) is 7.21. The summed E-state index contributed by atoms with van der Waals surface area (Å²) in [6, 6.07) is 4.90. The van der Waals surface area contributed by atoms with Gasteiger partial charge in [-0.15, -0.1) is 0 Å². The Hall–Kier alpha value is -2.12. The molecule has 25 heavy (non-hydrogen) atoms. The van der Waals surface area contributed by atoms with Crippen molar-refractivity contribution in [3.63, 3.8) is 0 Å². The first-order chi connectivity index (χ1) is 12.0. The molecule has 0 bridgehead atoms. The second-order valence-corrected chi connectivity index (χ2v) is 6.17. The number of esters is 1. The molecule has 1 aromatic rings. The number of carbonyl (C=O) groups is 1. The van der Waals surface area contributed by atoms with Gasteiger partial charge < -0.3 is 25.4 Å². The molecule has 0 aliphatic heterocycles. The van der Waals surface area contributed by atoms with Gasteiger partial charge in [0.15, 0.2) is 5.70 Å². The van der Waals surface area contributed by atoms with Crippen molar-refractivity contribution in [3.8, 4) is 11.5 Å². The maximum absolute atomic E-state index is 11.7. The monoisotopic (exact) mass is 369 g/mol. The van der Waals surface area contributed by atoms with Gasteiger partial charge in [-0.05, 0) is 37.8 Å². The molecule has 0 unspecified atom stereocenters. The van der Waals surface area contributed by atoms with Crippen molar-refractivity contribution in [2.75, 3.05) is 13.2 Å². The average molecular weight is 370 g/mol. The average Bonchev–Trinajstić information content (AvgIpc) is 3.09. The molecule has 0 amide bonds. The van der Waals surface area contributed by atoms with Gasteiger partial charge in [-0.2, -0.15) is 0 Å². The molecule has 1 aromatic carbocycles. The van der Waals surface area contributed by atoms with E-state index < -0.39 is 5.97 Å². The second kappa shape index (κ2) is 9.39. The van der Waals surface area contributed by atoms with Gasteiger partial charge in [0.2, 0.25) is 5.88 Å². The zero-order valence-electron chi connectivity index (χ0n) is 14.2. The van der Waals surface area contributed by atoms with Crippen LogP contribution in [0.15, 0.2) is 29.8 Å². The molecule has 138 valence electrons. The minimum absolute atomic E-state index is 0.162. The number of halogens is 1. The lowest BCUT2D eigenvalue weighted by atomic mass is 10.1. The van der Waals surface area contributed by atoms with Gasteiger partial charge in [-0.1, -0.05) is 24.4 Å². The highest BCUT2D eigenvalue weighted by Gasteiger charge is 2.18. The van der Waals surface area contributed by atoms with Gasteiger partial charge in [-0.25, -0.2) is 4.79 Å². The molecule has 2 rings (SSSR count). The standard InChI is InChI=1S/C17H24ClN3O4/c1-2-23-17(22)15(21-20)16(19)25-12-7-8-13(18)14(9-12)24-10-11-5-3-4-6-11/h7-9,11,21H,2-6,10,19-20H2,1H3/b16-15+. The van der Waals surface area contributed by atoms with E-state index in [1.165, 1.54) is 25.7 Å².